The minimum absolute atomic E-state index is 0.201. The summed E-state index contributed by atoms with van der Waals surface area (Å²) in [4.78, 5) is 20.9. The molecule has 0 radical (unpaired) electrons. The molecule has 7 nitrogen and oxygen atoms in total. The van der Waals surface area contributed by atoms with Crippen molar-refractivity contribution < 1.29 is 28.2 Å². The molecular weight excluding hydrogens is 238 g/mol. The van der Waals surface area contributed by atoms with Crippen molar-refractivity contribution in [3.8, 4) is 0 Å². The van der Waals surface area contributed by atoms with Gasteiger partial charge in [0.15, 0.2) is 0 Å². The van der Waals surface area contributed by atoms with Crippen LogP contribution in [0.4, 0.5) is 0 Å². The van der Waals surface area contributed by atoms with Crippen LogP contribution in [-0.2, 0) is 19.6 Å². The van der Waals surface area contributed by atoms with Gasteiger partial charge in [0.05, 0.1) is 12.2 Å². The molecule has 8 heteroatoms. The zero-order valence-corrected chi connectivity index (χ0v) is 9.66. The van der Waals surface area contributed by atoms with E-state index >= 15 is 0 Å². The number of carbonyl (C=O) groups is 2. The Hall–Kier alpha value is -1.15. The molecule has 0 spiro atoms. The fraction of sp³-hybridized carbons (Fsp3) is 0.750. The van der Waals surface area contributed by atoms with Crippen molar-refractivity contribution in [2.45, 2.75) is 32.2 Å². The van der Waals surface area contributed by atoms with E-state index in [1.54, 1.807) is 6.92 Å². The predicted molar refractivity (Wildman–Crippen MR) is 55.5 cm³/mol. The minimum Gasteiger partial charge on any atom is -0.481 e. The van der Waals surface area contributed by atoms with E-state index in [1.165, 1.54) is 0 Å². The third-order valence-corrected chi connectivity index (χ3v) is 3.24. The third kappa shape index (κ3) is 6.36. The van der Waals surface area contributed by atoms with Gasteiger partial charge in [-0.15, -0.1) is 0 Å². The first-order valence-corrected chi connectivity index (χ1v) is 6.38. The molecule has 0 fully saturated rings. The van der Waals surface area contributed by atoms with E-state index < -0.39 is 34.4 Å². The Balaban J connectivity index is 4.50. The second kappa shape index (κ2) is 6.44. The van der Waals surface area contributed by atoms with E-state index in [2.05, 4.69) is 0 Å². The summed E-state index contributed by atoms with van der Waals surface area (Å²) in [5.41, 5.74) is 0. The Morgan fingerprint density at radius 3 is 2.25 bits per heavy atom. The molecule has 0 aliphatic heterocycles. The molecule has 0 aromatic rings. The number of hydrogen-bond donors (Lipinski definition) is 3. The highest BCUT2D eigenvalue weighted by Crippen LogP contribution is 1.99. The Bertz CT molecular complexity index is 350. The molecule has 0 saturated carbocycles. The van der Waals surface area contributed by atoms with E-state index in [4.69, 9.17) is 10.2 Å². The summed E-state index contributed by atoms with van der Waals surface area (Å²) in [6.45, 7) is 1.79. The fourth-order valence-corrected chi connectivity index (χ4v) is 2.37. The molecule has 0 bridgehead atoms. The van der Waals surface area contributed by atoms with Crippen molar-refractivity contribution in [3.05, 3.63) is 0 Å². The van der Waals surface area contributed by atoms with Gasteiger partial charge in [-0.2, -0.15) is 0 Å². The average Bonchev–Trinajstić information content (AvgIpc) is 2.12. The second-order valence-electron chi connectivity index (χ2n) is 3.28. The number of sulfonamides is 1. The molecule has 16 heavy (non-hydrogen) atoms. The van der Waals surface area contributed by atoms with Gasteiger partial charge in [-0.3, -0.25) is 9.59 Å². The van der Waals surface area contributed by atoms with Crippen molar-refractivity contribution in [1.29, 1.82) is 0 Å². The minimum atomic E-state index is -3.73. The standard InChI is InChI=1S/C8H15NO6S/c1-2-3-4-16(14,15)9-6(8(12)13)5-7(10)11/h6,9H,2-5H2,1H3,(H,10,11)(H,12,13)/t6-/m0/s1. The van der Waals surface area contributed by atoms with E-state index in [9.17, 15) is 18.0 Å². The van der Waals surface area contributed by atoms with Crippen LogP contribution in [0.25, 0.3) is 0 Å². The van der Waals surface area contributed by atoms with Crippen LogP contribution in [0.5, 0.6) is 0 Å². The molecule has 0 saturated heterocycles. The molecule has 0 amide bonds. The molecule has 0 aliphatic carbocycles. The summed E-state index contributed by atoms with van der Waals surface area (Å²) >= 11 is 0. The van der Waals surface area contributed by atoms with Crippen LogP contribution in [0, 0.1) is 0 Å². The topological polar surface area (TPSA) is 121 Å². The molecule has 0 aromatic heterocycles. The molecule has 0 heterocycles. The fourth-order valence-electron chi connectivity index (χ4n) is 0.964. The molecule has 0 aromatic carbocycles. The van der Waals surface area contributed by atoms with Gasteiger partial charge in [0.2, 0.25) is 10.0 Å². The van der Waals surface area contributed by atoms with Crippen LogP contribution >= 0.6 is 0 Å². The van der Waals surface area contributed by atoms with Crippen molar-refractivity contribution in [1.82, 2.24) is 4.72 Å². The number of carboxylic acid groups (broad SMARTS) is 2. The van der Waals surface area contributed by atoms with E-state index in [0.29, 0.717) is 12.8 Å². The van der Waals surface area contributed by atoms with Crippen molar-refractivity contribution in [2.24, 2.45) is 0 Å². The zero-order chi connectivity index (χ0) is 12.8. The molecule has 3 N–H and O–H groups in total. The number of nitrogens with one attached hydrogen (secondary N) is 1. The summed E-state index contributed by atoms with van der Waals surface area (Å²) in [6, 6.07) is -1.61. The molecule has 0 unspecified atom stereocenters. The number of aliphatic carboxylic acids is 2. The maximum absolute atomic E-state index is 11.3. The molecule has 0 rings (SSSR count). The Labute approximate surface area is 93.5 Å². The van der Waals surface area contributed by atoms with E-state index in [-0.39, 0.29) is 5.75 Å². The van der Waals surface area contributed by atoms with Gasteiger partial charge in [0.25, 0.3) is 0 Å². The van der Waals surface area contributed by atoms with Gasteiger partial charge < -0.3 is 10.2 Å². The smallest absolute Gasteiger partial charge is 0.322 e. The highest BCUT2D eigenvalue weighted by Gasteiger charge is 2.25. The van der Waals surface area contributed by atoms with Gasteiger partial charge in [-0.25, -0.2) is 13.1 Å². The monoisotopic (exact) mass is 253 g/mol. The number of rotatable bonds is 8. The lowest BCUT2D eigenvalue weighted by atomic mass is 10.2. The summed E-state index contributed by atoms with van der Waals surface area (Å²) in [5, 5.41) is 17.0. The summed E-state index contributed by atoms with van der Waals surface area (Å²) in [5.74, 6) is -3.07. The Morgan fingerprint density at radius 2 is 1.88 bits per heavy atom. The highest BCUT2D eigenvalue weighted by molar-refractivity contribution is 7.89. The molecule has 94 valence electrons. The molecular formula is C8H15NO6S. The second-order valence-corrected chi connectivity index (χ2v) is 5.15. The van der Waals surface area contributed by atoms with E-state index in [1.807, 2.05) is 4.72 Å². The van der Waals surface area contributed by atoms with Crippen LogP contribution < -0.4 is 4.72 Å². The van der Waals surface area contributed by atoms with Crippen molar-refractivity contribution >= 4 is 22.0 Å². The zero-order valence-electron chi connectivity index (χ0n) is 8.84. The Kier molecular flexibility index (Phi) is 5.97. The lowest BCUT2D eigenvalue weighted by molar-refractivity contribution is -0.145. The summed E-state index contributed by atoms with van der Waals surface area (Å²) in [6.07, 6.45) is 0.271. The largest absolute Gasteiger partial charge is 0.481 e. The number of unbranched alkanes of at least 4 members (excludes halogenated alkanes) is 1. The number of carboxylic acids is 2. The van der Waals surface area contributed by atoms with E-state index in [0.717, 1.165) is 0 Å². The molecule has 1 atom stereocenters. The number of hydrogen-bond acceptors (Lipinski definition) is 4. The van der Waals surface area contributed by atoms with Gasteiger partial charge in [0.1, 0.15) is 6.04 Å². The van der Waals surface area contributed by atoms with Gasteiger partial charge in [-0.1, -0.05) is 13.3 Å². The molecule has 0 aliphatic rings. The van der Waals surface area contributed by atoms with Crippen LogP contribution in [0.15, 0.2) is 0 Å². The summed E-state index contributed by atoms with van der Waals surface area (Å²) < 4.78 is 24.5. The predicted octanol–water partition coefficient (Wildman–Crippen LogP) is -0.366. The quantitative estimate of drug-likeness (QED) is 0.543. The van der Waals surface area contributed by atoms with Crippen molar-refractivity contribution in [3.63, 3.8) is 0 Å². The van der Waals surface area contributed by atoms with Gasteiger partial charge in [-0.05, 0) is 6.42 Å². The summed E-state index contributed by atoms with van der Waals surface area (Å²) in [7, 11) is -3.73. The maximum atomic E-state index is 11.3. The average molecular weight is 253 g/mol. The third-order valence-electron chi connectivity index (χ3n) is 1.77. The Morgan fingerprint density at radius 1 is 1.31 bits per heavy atom. The normalized spacial score (nSPS) is 13.3. The first-order chi connectivity index (χ1) is 7.28. The van der Waals surface area contributed by atoms with Crippen LogP contribution in [-0.4, -0.2) is 42.4 Å². The first kappa shape index (κ1) is 14.8. The first-order valence-electron chi connectivity index (χ1n) is 4.73. The maximum Gasteiger partial charge on any atom is 0.322 e. The van der Waals surface area contributed by atoms with Gasteiger partial charge in [0, 0.05) is 0 Å². The van der Waals surface area contributed by atoms with Crippen LogP contribution in [0.1, 0.15) is 26.2 Å². The van der Waals surface area contributed by atoms with Crippen molar-refractivity contribution in [2.75, 3.05) is 5.75 Å². The lowest BCUT2D eigenvalue weighted by Crippen LogP contribution is -2.43. The lowest BCUT2D eigenvalue weighted by Gasteiger charge is -2.12. The van der Waals surface area contributed by atoms with Crippen LogP contribution in [0.3, 0.4) is 0 Å². The van der Waals surface area contributed by atoms with Crippen LogP contribution in [0.2, 0.25) is 0 Å². The SMILES string of the molecule is CCCCS(=O)(=O)N[C@@H](CC(=O)O)C(=O)O. The highest BCUT2D eigenvalue weighted by atomic mass is 32.2. The van der Waals surface area contributed by atoms with Gasteiger partial charge >= 0.3 is 11.9 Å².